The first kappa shape index (κ1) is 15.6. The van der Waals surface area contributed by atoms with Gasteiger partial charge in [0.15, 0.2) is 0 Å². The summed E-state index contributed by atoms with van der Waals surface area (Å²) >= 11 is 5.86. The predicted molar refractivity (Wildman–Crippen MR) is 75.8 cm³/mol. The molecule has 1 amide bonds. The highest BCUT2D eigenvalue weighted by Gasteiger charge is 2.16. The highest BCUT2D eigenvalue weighted by Crippen LogP contribution is 2.18. The van der Waals surface area contributed by atoms with Gasteiger partial charge in [-0.1, -0.05) is 17.7 Å². The predicted octanol–water partition coefficient (Wildman–Crippen LogP) is 3.63. The van der Waals surface area contributed by atoms with Crippen molar-refractivity contribution >= 4 is 17.7 Å². The fourth-order valence-electron chi connectivity index (χ4n) is 1.36. The van der Waals surface area contributed by atoms with Crippen molar-refractivity contribution in [3.05, 3.63) is 29.3 Å². The Morgan fingerprint density at radius 2 is 2.11 bits per heavy atom. The number of carbonyl (C=O) groups excluding carboxylic acids is 1. The van der Waals surface area contributed by atoms with Gasteiger partial charge in [0.05, 0.1) is 6.54 Å². The molecule has 1 aromatic carbocycles. The smallest absolute Gasteiger partial charge is 0.407 e. The van der Waals surface area contributed by atoms with Crippen molar-refractivity contribution in [2.75, 3.05) is 6.54 Å². The van der Waals surface area contributed by atoms with E-state index in [0.717, 1.165) is 0 Å². The quantitative estimate of drug-likeness (QED) is 0.919. The van der Waals surface area contributed by atoms with Crippen LogP contribution in [0.25, 0.3) is 0 Å². The maximum Gasteiger partial charge on any atom is 0.407 e. The lowest BCUT2D eigenvalue weighted by atomic mass is 10.2. The van der Waals surface area contributed by atoms with E-state index in [9.17, 15) is 4.79 Å². The standard InChI is InChI=1S/C14H20ClNO3/c1-10(9-16-13(17)19-14(2,3)4)18-12-7-5-6-11(15)8-12/h5-8,10H,9H2,1-4H3,(H,16,17)/t10-/m0/s1. The Kier molecular flexibility index (Phi) is 5.48. The van der Waals surface area contributed by atoms with Crippen molar-refractivity contribution < 1.29 is 14.3 Å². The fourth-order valence-corrected chi connectivity index (χ4v) is 1.54. The zero-order chi connectivity index (χ0) is 14.5. The van der Waals surface area contributed by atoms with Crippen LogP contribution in [0.1, 0.15) is 27.7 Å². The third kappa shape index (κ3) is 6.91. The first-order valence-corrected chi connectivity index (χ1v) is 6.53. The Morgan fingerprint density at radius 1 is 1.42 bits per heavy atom. The molecule has 1 rings (SSSR count). The van der Waals surface area contributed by atoms with E-state index in [2.05, 4.69) is 5.32 Å². The molecule has 1 aromatic rings. The molecule has 1 N–H and O–H groups in total. The van der Waals surface area contributed by atoms with Crippen LogP contribution >= 0.6 is 11.6 Å². The largest absolute Gasteiger partial charge is 0.489 e. The lowest BCUT2D eigenvalue weighted by Gasteiger charge is -2.21. The molecule has 0 aliphatic heterocycles. The number of halogens is 1. The number of alkyl carbamates (subject to hydrolysis) is 1. The summed E-state index contributed by atoms with van der Waals surface area (Å²) in [5.41, 5.74) is -0.499. The third-order valence-electron chi connectivity index (χ3n) is 2.07. The van der Waals surface area contributed by atoms with Gasteiger partial charge in [0.1, 0.15) is 17.5 Å². The second kappa shape index (κ2) is 6.66. The monoisotopic (exact) mass is 285 g/mol. The minimum atomic E-state index is -0.499. The maximum atomic E-state index is 11.5. The molecular weight excluding hydrogens is 266 g/mol. The van der Waals surface area contributed by atoms with Gasteiger partial charge in [-0.25, -0.2) is 4.79 Å². The fraction of sp³-hybridized carbons (Fsp3) is 0.500. The molecule has 0 fully saturated rings. The van der Waals surface area contributed by atoms with Crippen LogP contribution in [0.5, 0.6) is 5.75 Å². The second-order valence-electron chi connectivity index (χ2n) is 5.27. The molecule has 4 nitrogen and oxygen atoms in total. The number of hydrogen-bond donors (Lipinski definition) is 1. The van der Waals surface area contributed by atoms with Gasteiger partial charge in [0, 0.05) is 5.02 Å². The van der Waals surface area contributed by atoms with E-state index in [0.29, 0.717) is 17.3 Å². The van der Waals surface area contributed by atoms with Crippen molar-refractivity contribution in [2.24, 2.45) is 0 Å². The van der Waals surface area contributed by atoms with Crippen molar-refractivity contribution in [3.63, 3.8) is 0 Å². The zero-order valence-electron chi connectivity index (χ0n) is 11.7. The van der Waals surface area contributed by atoms with Crippen LogP contribution < -0.4 is 10.1 Å². The van der Waals surface area contributed by atoms with Gasteiger partial charge in [0.2, 0.25) is 0 Å². The third-order valence-corrected chi connectivity index (χ3v) is 2.30. The molecule has 19 heavy (non-hydrogen) atoms. The highest BCUT2D eigenvalue weighted by atomic mass is 35.5. The van der Waals surface area contributed by atoms with Gasteiger partial charge in [-0.3, -0.25) is 0 Å². The molecule has 0 saturated heterocycles. The number of carbonyl (C=O) groups is 1. The molecule has 1 atom stereocenters. The molecule has 0 bridgehead atoms. The first-order valence-electron chi connectivity index (χ1n) is 6.15. The van der Waals surface area contributed by atoms with Crippen LogP contribution in [0, 0.1) is 0 Å². The van der Waals surface area contributed by atoms with Gasteiger partial charge in [-0.15, -0.1) is 0 Å². The first-order chi connectivity index (χ1) is 8.76. The molecule has 0 unspecified atom stereocenters. The number of benzene rings is 1. The van der Waals surface area contributed by atoms with E-state index in [4.69, 9.17) is 21.1 Å². The number of amides is 1. The number of ether oxygens (including phenoxy) is 2. The molecule has 5 heteroatoms. The number of nitrogens with one attached hydrogen (secondary N) is 1. The summed E-state index contributed by atoms with van der Waals surface area (Å²) in [7, 11) is 0. The SMILES string of the molecule is C[C@@H](CNC(=O)OC(C)(C)C)Oc1cccc(Cl)c1. The number of rotatable bonds is 4. The number of hydrogen-bond acceptors (Lipinski definition) is 3. The topological polar surface area (TPSA) is 47.6 Å². The average Bonchev–Trinajstić information content (AvgIpc) is 2.24. The zero-order valence-corrected chi connectivity index (χ0v) is 12.5. The van der Waals surface area contributed by atoms with Crippen LogP contribution in [0.2, 0.25) is 5.02 Å². The molecule has 0 spiro atoms. The Hall–Kier alpha value is -1.42. The van der Waals surface area contributed by atoms with Crippen LogP contribution in [-0.4, -0.2) is 24.3 Å². The summed E-state index contributed by atoms with van der Waals surface area (Å²) < 4.78 is 10.8. The average molecular weight is 286 g/mol. The van der Waals surface area contributed by atoms with E-state index >= 15 is 0 Å². The minimum absolute atomic E-state index is 0.175. The molecule has 0 aromatic heterocycles. The van der Waals surface area contributed by atoms with E-state index < -0.39 is 11.7 Å². The molecule has 0 radical (unpaired) electrons. The lowest BCUT2D eigenvalue weighted by molar-refractivity contribution is 0.0505. The van der Waals surface area contributed by atoms with E-state index in [1.54, 1.807) is 12.1 Å². The summed E-state index contributed by atoms with van der Waals surface area (Å²) in [4.78, 5) is 11.5. The highest BCUT2D eigenvalue weighted by molar-refractivity contribution is 6.30. The van der Waals surface area contributed by atoms with E-state index in [-0.39, 0.29) is 6.10 Å². The van der Waals surface area contributed by atoms with Gasteiger partial charge >= 0.3 is 6.09 Å². The molecule has 106 valence electrons. The van der Waals surface area contributed by atoms with Gasteiger partial charge in [-0.2, -0.15) is 0 Å². The van der Waals surface area contributed by atoms with Crippen LogP contribution in [0.15, 0.2) is 24.3 Å². The summed E-state index contributed by atoms with van der Waals surface area (Å²) in [6.07, 6.45) is -0.625. The van der Waals surface area contributed by atoms with Crippen molar-refractivity contribution in [1.29, 1.82) is 0 Å². The Labute approximate surface area is 119 Å². The van der Waals surface area contributed by atoms with E-state index in [1.807, 2.05) is 39.8 Å². The van der Waals surface area contributed by atoms with Crippen molar-refractivity contribution in [3.8, 4) is 5.75 Å². The van der Waals surface area contributed by atoms with Crippen LogP contribution in [-0.2, 0) is 4.74 Å². The van der Waals surface area contributed by atoms with Crippen LogP contribution in [0.4, 0.5) is 4.79 Å². The van der Waals surface area contributed by atoms with Crippen molar-refractivity contribution in [2.45, 2.75) is 39.4 Å². The van der Waals surface area contributed by atoms with Gasteiger partial charge < -0.3 is 14.8 Å². The summed E-state index contributed by atoms with van der Waals surface area (Å²) in [6, 6.07) is 7.13. The van der Waals surface area contributed by atoms with Gasteiger partial charge in [0.25, 0.3) is 0 Å². The van der Waals surface area contributed by atoms with Crippen LogP contribution in [0.3, 0.4) is 0 Å². The normalized spacial score (nSPS) is 12.7. The minimum Gasteiger partial charge on any atom is -0.489 e. The Morgan fingerprint density at radius 3 is 2.68 bits per heavy atom. The summed E-state index contributed by atoms with van der Waals surface area (Å²) in [5, 5.41) is 3.27. The van der Waals surface area contributed by atoms with E-state index in [1.165, 1.54) is 0 Å². The second-order valence-corrected chi connectivity index (χ2v) is 5.71. The Balaban J connectivity index is 2.36. The maximum absolute atomic E-state index is 11.5. The summed E-state index contributed by atoms with van der Waals surface area (Å²) in [5.74, 6) is 0.672. The van der Waals surface area contributed by atoms with Crippen molar-refractivity contribution in [1.82, 2.24) is 5.32 Å². The lowest BCUT2D eigenvalue weighted by Crippen LogP contribution is -2.37. The Bertz CT molecular complexity index is 429. The molecular formula is C14H20ClNO3. The molecule has 0 aliphatic rings. The van der Waals surface area contributed by atoms with Gasteiger partial charge in [-0.05, 0) is 45.9 Å². The molecule has 0 heterocycles. The molecule has 0 aliphatic carbocycles. The molecule has 0 saturated carbocycles. The summed E-state index contributed by atoms with van der Waals surface area (Å²) in [6.45, 7) is 7.68.